The second kappa shape index (κ2) is 4.94. The predicted octanol–water partition coefficient (Wildman–Crippen LogP) is 3.25. The molecule has 0 atom stereocenters. The van der Waals surface area contributed by atoms with Crippen LogP contribution in [0.15, 0.2) is 24.3 Å². The van der Waals surface area contributed by atoms with Crippen molar-refractivity contribution in [3.05, 3.63) is 53.2 Å². The molecule has 0 aliphatic heterocycles. The van der Waals surface area contributed by atoms with Crippen LogP contribution in [0.3, 0.4) is 0 Å². The van der Waals surface area contributed by atoms with Crippen LogP contribution in [0.5, 0.6) is 0 Å². The molecule has 1 aromatic carbocycles. The first-order chi connectivity index (χ1) is 9.01. The minimum absolute atomic E-state index is 0.0290. The quantitative estimate of drug-likeness (QED) is 0.671. The molecule has 1 N–H and O–H groups in total. The van der Waals surface area contributed by atoms with Gasteiger partial charge in [-0.05, 0) is 18.2 Å². The number of benzene rings is 1. The van der Waals surface area contributed by atoms with E-state index in [9.17, 15) is 17.6 Å². The number of aromatic nitrogens is 1. The second-order valence-electron chi connectivity index (χ2n) is 3.52. The van der Waals surface area contributed by atoms with Crippen molar-refractivity contribution >= 4 is 11.5 Å². The Balaban J connectivity index is 2.42. The van der Waals surface area contributed by atoms with E-state index in [1.165, 1.54) is 0 Å². The zero-order chi connectivity index (χ0) is 14.0. The number of pyridine rings is 1. The van der Waals surface area contributed by atoms with Gasteiger partial charge >= 0.3 is 0 Å². The lowest BCUT2D eigenvalue weighted by Crippen LogP contribution is -2.03. The van der Waals surface area contributed by atoms with Crippen molar-refractivity contribution in [2.75, 3.05) is 5.32 Å². The lowest BCUT2D eigenvalue weighted by Gasteiger charge is -2.08. The van der Waals surface area contributed by atoms with E-state index in [-0.39, 0.29) is 11.3 Å². The number of halogens is 4. The molecule has 2 rings (SSSR count). The van der Waals surface area contributed by atoms with E-state index in [0.29, 0.717) is 6.07 Å². The van der Waals surface area contributed by atoms with Gasteiger partial charge in [-0.2, -0.15) is 14.6 Å². The van der Waals surface area contributed by atoms with E-state index >= 15 is 0 Å². The summed E-state index contributed by atoms with van der Waals surface area (Å²) in [7, 11) is 0. The molecule has 3 nitrogen and oxygen atoms in total. The summed E-state index contributed by atoms with van der Waals surface area (Å²) in [5, 5.41) is 11.1. The number of anilines is 2. The fourth-order valence-electron chi connectivity index (χ4n) is 1.38. The fourth-order valence-corrected chi connectivity index (χ4v) is 1.38. The molecule has 1 heterocycles. The summed E-state index contributed by atoms with van der Waals surface area (Å²) < 4.78 is 51.8. The summed E-state index contributed by atoms with van der Waals surface area (Å²) in [5.41, 5.74) is -0.0905. The Morgan fingerprint density at radius 3 is 2.47 bits per heavy atom. The van der Waals surface area contributed by atoms with E-state index < -0.39 is 29.2 Å². The Hall–Kier alpha value is -2.62. The predicted molar refractivity (Wildman–Crippen MR) is 58.5 cm³/mol. The molecule has 0 saturated carbocycles. The molecule has 19 heavy (non-hydrogen) atoms. The Bertz CT molecular complexity index is 679. The van der Waals surface area contributed by atoms with Crippen molar-refractivity contribution in [1.82, 2.24) is 4.98 Å². The largest absolute Gasteiger partial charge is 0.337 e. The Labute approximate surface area is 105 Å². The van der Waals surface area contributed by atoms with Crippen molar-refractivity contribution in [3.8, 4) is 6.07 Å². The van der Waals surface area contributed by atoms with Gasteiger partial charge in [-0.25, -0.2) is 13.2 Å². The molecule has 0 amide bonds. The van der Waals surface area contributed by atoms with Gasteiger partial charge in [0.2, 0.25) is 0 Å². The third-order valence-electron chi connectivity index (χ3n) is 2.24. The standard InChI is InChI=1S/C12H5F4N3/c13-7-1-2-10(6(3-7)5-17)18-12-9(15)4-8(14)11(16)19-12/h1-4H,(H,18,19). The lowest BCUT2D eigenvalue weighted by molar-refractivity contribution is 0.467. The first-order valence-electron chi connectivity index (χ1n) is 4.99. The van der Waals surface area contributed by atoms with Crippen LogP contribution in [0, 0.1) is 34.7 Å². The second-order valence-corrected chi connectivity index (χ2v) is 3.52. The minimum Gasteiger partial charge on any atom is -0.337 e. The van der Waals surface area contributed by atoms with E-state index in [4.69, 9.17) is 5.26 Å². The van der Waals surface area contributed by atoms with E-state index in [1.807, 2.05) is 0 Å². The van der Waals surface area contributed by atoms with Crippen LogP contribution < -0.4 is 5.32 Å². The highest BCUT2D eigenvalue weighted by Gasteiger charge is 2.13. The van der Waals surface area contributed by atoms with Gasteiger partial charge in [-0.1, -0.05) is 0 Å². The molecule has 0 saturated heterocycles. The molecule has 2 aromatic rings. The number of nitrogens with zero attached hydrogens (tertiary/aromatic N) is 2. The van der Waals surface area contributed by atoms with Gasteiger partial charge in [-0.15, -0.1) is 0 Å². The van der Waals surface area contributed by atoms with Crippen LogP contribution in [-0.4, -0.2) is 4.98 Å². The van der Waals surface area contributed by atoms with Gasteiger partial charge in [0.05, 0.1) is 11.3 Å². The molecule has 7 heteroatoms. The summed E-state index contributed by atoms with van der Waals surface area (Å²) >= 11 is 0. The number of hydrogen-bond donors (Lipinski definition) is 1. The summed E-state index contributed by atoms with van der Waals surface area (Å²) in [4.78, 5) is 3.03. The topological polar surface area (TPSA) is 48.7 Å². The maximum atomic E-state index is 13.3. The summed E-state index contributed by atoms with van der Waals surface area (Å²) in [6.45, 7) is 0. The van der Waals surface area contributed by atoms with Crippen LogP contribution in [0.4, 0.5) is 29.1 Å². The first kappa shape index (κ1) is 12.8. The van der Waals surface area contributed by atoms with Gasteiger partial charge in [0.1, 0.15) is 11.9 Å². The monoisotopic (exact) mass is 267 g/mol. The molecule has 0 unspecified atom stereocenters. The highest BCUT2D eigenvalue weighted by Crippen LogP contribution is 2.23. The smallest absolute Gasteiger partial charge is 0.251 e. The van der Waals surface area contributed by atoms with Gasteiger partial charge in [-0.3, -0.25) is 0 Å². The fraction of sp³-hybridized carbons (Fsp3) is 0. The van der Waals surface area contributed by atoms with Crippen LogP contribution in [0.25, 0.3) is 0 Å². The zero-order valence-corrected chi connectivity index (χ0v) is 9.22. The molecule has 0 bridgehead atoms. The number of hydrogen-bond acceptors (Lipinski definition) is 3. The van der Waals surface area contributed by atoms with Crippen LogP contribution in [-0.2, 0) is 0 Å². The average Bonchev–Trinajstić information content (AvgIpc) is 2.37. The van der Waals surface area contributed by atoms with Crippen molar-refractivity contribution in [1.29, 1.82) is 5.26 Å². The molecule has 0 spiro atoms. The SMILES string of the molecule is N#Cc1cc(F)ccc1Nc1nc(F)c(F)cc1F. The molecule has 96 valence electrons. The van der Waals surface area contributed by atoms with Gasteiger partial charge in [0, 0.05) is 6.07 Å². The third kappa shape index (κ3) is 2.63. The summed E-state index contributed by atoms with van der Waals surface area (Å²) in [6, 6.07) is 5.11. The molecular formula is C12H5F4N3. The molecule has 0 aliphatic carbocycles. The number of nitrogens with one attached hydrogen (secondary N) is 1. The lowest BCUT2D eigenvalue weighted by atomic mass is 10.2. The highest BCUT2D eigenvalue weighted by molar-refractivity contribution is 5.64. The summed E-state index contributed by atoms with van der Waals surface area (Å²) in [6.07, 6.45) is 0. The van der Waals surface area contributed by atoms with Crippen LogP contribution >= 0.6 is 0 Å². The summed E-state index contributed by atoms with van der Waals surface area (Å²) in [5.74, 6) is -5.29. The van der Waals surface area contributed by atoms with Crippen molar-refractivity contribution in [3.63, 3.8) is 0 Å². The highest BCUT2D eigenvalue weighted by atomic mass is 19.2. The third-order valence-corrected chi connectivity index (χ3v) is 2.24. The first-order valence-corrected chi connectivity index (χ1v) is 4.99. The Kier molecular flexibility index (Phi) is 3.33. The van der Waals surface area contributed by atoms with Crippen molar-refractivity contribution in [2.24, 2.45) is 0 Å². The van der Waals surface area contributed by atoms with Gasteiger partial charge in [0.25, 0.3) is 5.95 Å². The average molecular weight is 267 g/mol. The Morgan fingerprint density at radius 2 is 1.79 bits per heavy atom. The van der Waals surface area contributed by atoms with Gasteiger partial charge in [0.15, 0.2) is 17.5 Å². The van der Waals surface area contributed by atoms with Gasteiger partial charge < -0.3 is 5.32 Å². The van der Waals surface area contributed by atoms with Crippen LogP contribution in [0.2, 0.25) is 0 Å². The molecule has 0 fully saturated rings. The normalized spacial score (nSPS) is 10.1. The van der Waals surface area contributed by atoms with Crippen molar-refractivity contribution in [2.45, 2.75) is 0 Å². The van der Waals surface area contributed by atoms with Crippen LogP contribution in [0.1, 0.15) is 5.56 Å². The van der Waals surface area contributed by atoms with E-state index in [1.54, 1.807) is 6.07 Å². The minimum atomic E-state index is -1.48. The molecular weight excluding hydrogens is 262 g/mol. The van der Waals surface area contributed by atoms with E-state index in [0.717, 1.165) is 18.2 Å². The molecule has 0 radical (unpaired) electrons. The Morgan fingerprint density at radius 1 is 1.05 bits per heavy atom. The zero-order valence-electron chi connectivity index (χ0n) is 9.22. The van der Waals surface area contributed by atoms with E-state index in [2.05, 4.69) is 10.3 Å². The molecule has 1 aromatic heterocycles. The molecule has 0 aliphatic rings. The maximum Gasteiger partial charge on any atom is 0.251 e. The number of rotatable bonds is 2. The number of nitriles is 1. The van der Waals surface area contributed by atoms with Crippen molar-refractivity contribution < 1.29 is 17.6 Å². The maximum absolute atomic E-state index is 13.3.